The first-order valence-corrected chi connectivity index (χ1v) is 4.30. The number of piperidine rings is 1. The molecule has 0 amide bonds. The molecule has 2 atom stereocenters. The van der Waals surface area contributed by atoms with Gasteiger partial charge in [-0.05, 0) is 18.8 Å². The Hall–Kier alpha value is -0.610. The quantitative estimate of drug-likeness (QED) is 0.625. The van der Waals surface area contributed by atoms with Crippen molar-refractivity contribution in [3.8, 4) is 0 Å². The van der Waals surface area contributed by atoms with Crippen molar-refractivity contribution in [2.24, 2.45) is 11.7 Å². The molecule has 1 aliphatic rings. The maximum atomic E-state index is 10.6. The summed E-state index contributed by atoms with van der Waals surface area (Å²) in [5, 5.41) is 1.57. The van der Waals surface area contributed by atoms with E-state index in [1.165, 1.54) is 6.92 Å². The van der Waals surface area contributed by atoms with Crippen molar-refractivity contribution in [1.82, 2.24) is 5.06 Å². The molecule has 0 radical (unpaired) electrons. The van der Waals surface area contributed by atoms with Crippen LogP contribution in [0.15, 0.2) is 0 Å². The molecule has 0 aliphatic carbocycles. The van der Waals surface area contributed by atoms with Crippen LogP contribution in [0.25, 0.3) is 0 Å². The van der Waals surface area contributed by atoms with E-state index in [0.717, 1.165) is 19.4 Å². The second-order valence-corrected chi connectivity index (χ2v) is 3.42. The summed E-state index contributed by atoms with van der Waals surface area (Å²) in [6.45, 7) is 4.30. The van der Waals surface area contributed by atoms with Gasteiger partial charge >= 0.3 is 5.97 Å². The molecule has 1 heterocycles. The molecule has 2 N–H and O–H groups in total. The van der Waals surface area contributed by atoms with Gasteiger partial charge in [0, 0.05) is 13.5 Å². The van der Waals surface area contributed by atoms with E-state index in [1.54, 1.807) is 5.06 Å². The standard InChI is InChI=1S/C8H16N2O2/c1-6-3-4-10(8(9)5-6)12-7(2)11/h6,8H,3-5,9H2,1-2H3. The van der Waals surface area contributed by atoms with Gasteiger partial charge in [-0.2, -0.15) is 0 Å². The predicted octanol–water partition coefficient (Wildman–Crippen LogP) is 0.481. The zero-order chi connectivity index (χ0) is 9.14. The Morgan fingerprint density at radius 3 is 2.83 bits per heavy atom. The molecule has 1 aliphatic heterocycles. The number of carbonyl (C=O) groups excluding carboxylic acids is 1. The van der Waals surface area contributed by atoms with Crippen LogP contribution in [0.3, 0.4) is 0 Å². The second kappa shape index (κ2) is 3.87. The average molecular weight is 172 g/mol. The summed E-state index contributed by atoms with van der Waals surface area (Å²) < 4.78 is 0. The average Bonchev–Trinajstić information content (AvgIpc) is 1.94. The lowest BCUT2D eigenvalue weighted by Gasteiger charge is -2.33. The normalized spacial score (nSPS) is 31.6. The van der Waals surface area contributed by atoms with Crippen molar-refractivity contribution in [3.63, 3.8) is 0 Å². The highest BCUT2D eigenvalue weighted by Crippen LogP contribution is 2.19. The van der Waals surface area contributed by atoms with Crippen LogP contribution in [0.2, 0.25) is 0 Å². The van der Waals surface area contributed by atoms with Gasteiger partial charge in [-0.1, -0.05) is 6.92 Å². The molecule has 0 spiro atoms. The van der Waals surface area contributed by atoms with E-state index in [1.807, 2.05) is 0 Å². The first-order valence-electron chi connectivity index (χ1n) is 4.30. The summed E-state index contributed by atoms with van der Waals surface area (Å²) in [7, 11) is 0. The summed E-state index contributed by atoms with van der Waals surface area (Å²) in [5.74, 6) is 0.340. The summed E-state index contributed by atoms with van der Waals surface area (Å²) in [6.07, 6.45) is 1.81. The van der Waals surface area contributed by atoms with Crippen LogP contribution in [0.4, 0.5) is 0 Å². The smallest absolute Gasteiger partial charge is 0.322 e. The number of nitrogens with zero attached hydrogens (tertiary/aromatic N) is 1. The topological polar surface area (TPSA) is 55.6 Å². The lowest BCUT2D eigenvalue weighted by atomic mass is 9.98. The minimum absolute atomic E-state index is 0.127. The van der Waals surface area contributed by atoms with Gasteiger partial charge in [0.15, 0.2) is 0 Å². The van der Waals surface area contributed by atoms with Crippen LogP contribution in [0.5, 0.6) is 0 Å². The summed E-state index contributed by atoms with van der Waals surface area (Å²) >= 11 is 0. The fraction of sp³-hybridized carbons (Fsp3) is 0.875. The van der Waals surface area contributed by atoms with E-state index in [2.05, 4.69) is 6.92 Å². The largest absolute Gasteiger partial charge is 0.367 e. The van der Waals surface area contributed by atoms with E-state index in [0.29, 0.717) is 5.92 Å². The van der Waals surface area contributed by atoms with Crippen molar-refractivity contribution in [2.45, 2.75) is 32.9 Å². The number of carbonyl (C=O) groups is 1. The van der Waals surface area contributed by atoms with Crippen LogP contribution in [-0.2, 0) is 9.63 Å². The number of hydrogen-bond donors (Lipinski definition) is 1. The van der Waals surface area contributed by atoms with Gasteiger partial charge in [-0.25, -0.2) is 0 Å². The first-order chi connectivity index (χ1) is 5.59. The third kappa shape index (κ3) is 2.46. The molecular weight excluding hydrogens is 156 g/mol. The Bertz CT molecular complexity index is 172. The molecular formula is C8H16N2O2. The van der Waals surface area contributed by atoms with Crippen molar-refractivity contribution >= 4 is 5.97 Å². The molecule has 1 fully saturated rings. The van der Waals surface area contributed by atoms with Crippen LogP contribution < -0.4 is 5.73 Å². The number of nitrogens with two attached hydrogens (primary N) is 1. The SMILES string of the molecule is CC(=O)ON1CCC(C)CC1N. The molecule has 0 aromatic heterocycles. The Morgan fingerprint density at radius 1 is 1.67 bits per heavy atom. The maximum absolute atomic E-state index is 10.6. The minimum atomic E-state index is -0.292. The predicted molar refractivity (Wildman–Crippen MR) is 44.8 cm³/mol. The summed E-state index contributed by atoms with van der Waals surface area (Å²) in [6, 6.07) is 0. The second-order valence-electron chi connectivity index (χ2n) is 3.42. The molecule has 4 nitrogen and oxygen atoms in total. The van der Waals surface area contributed by atoms with Crippen molar-refractivity contribution < 1.29 is 9.63 Å². The molecule has 0 aromatic rings. The van der Waals surface area contributed by atoms with Gasteiger partial charge in [-0.15, -0.1) is 5.06 Å². The van der Waals surface area contributed by atoms with Crippen molar-refractivity contribution in [2.75, 3.05) is 6.54 Å². The van der Waals surface area contributed by atoms with E-state index < -0.39 is 0 Å². The molecule has 1 saturated heterocycles. The van der Waals surface area contributed by atoms with Crippen LogP contribution in [-0.4, -0.2) is 23.7 Å². The zero-order valence-electron chi connectivity index (χ0n) is 7.62. The molecule has 0 aromatic carbocycles. The monoisotopic (exact) mass is 172 g/mol. The van der Waals surface area contributed by atoms with Gasteiger partial charge in [0.25, 0.3) is 0 Å². The molecule has 4 heteroatoms. The summed E-state index contributed by atoms with van der Waals surface area (Å²) in [4.78, 5) is 15.5. The first kappa shape index (κ1) is 9.48. The van der Waals surface area contributed by atoms with E-state index >= 15 is 0 Å². The van der Waals surface area contributed by atoms with Crippen molar-refractivity contribution in [1.29, 1.82) is 0 Å². The van der Waals surface area contributed by atoms with Crippen LogP contribution in [0, 0.1) is 5.92 Å². The Kier molecular flexibility index (Phi) is 3.05. The molecule has 0 bridgehead atoms. The van der Waals surface area contributed by atoms with Gasteiger partial charge < -0.3 is 10.6 Å². The van der Waals surface area contributed by atoms with Gasteiger partial charge in [0.05, 0.1) is 6.17 Å². The van der Waals surface area contributed by atoms with Gasteiger partial charge in [-0.3, -0.25) is 4.79 Å². The number of rotatable bonds is 1. The molecule has 0 saturated carbocycles. The summed E-state index contributed by atoms with van der Waals surface area (Å²) in [5.41, 5.74) is 5.77. The number of hydrogen-bond acceptors (Lipinski definition) is 4. The lowest BCUT2D eigenvalue weighted by Crippen LogP contribution is -2.48. The minimum Gasteiger partial charge on any atom is -0.367 e. The molecule has 70 valence electrons. The highest BCUT2D eigenvalue weighted by molar-refractivity contribution is 5.65. The molecule has 1 rings (SSSR count). The number of hydroxylamine groups is 2. The van der Waals surface area contributed by atoms with Crippen molar-refractivity contribution in [3.05, 3.63) is 0 Å². The highest BCUT2D eigenvalue weighted by Gasteiger charge is 2.25. The fourth-order valence-electron chi connectivity index (χ4n) is 1.44. The van der Waals surface area contributed by atoms with Crippen LogP contribution in [0.1, 0.15) is 26.7 Å². The third-order valence-corrected chi connectivity index (χ3v) is 2.10. The fourth-order valence-corrected chi connectivity index (χ4v) is 1.44. The van der Waals surface area contributed by atoms with E-state index in [-0.39, 0.29) is 12.1 Å². The van der Waals surface area contributed by atoms with E-state index in [4.69, 9.17) is 10.6 Å². The Balaban J connectivity index is 2.39. The van der Waals surface area contributed by atoms with E-state index in [9.17, 15) is 4.79 Å². The van der Waals surface area contributed by atoms with Gasteiger partial charge in [0.2, 0.25) is 0 Å². The Labute approximate surface area is 72.6 Å². The zero-order valence-corrected chi connectivity index (χ0v) is 7.62. The van der Waals surface area contributed by atoms with Crippen LogP contribution >= 0.6 is 0 Å². The molecule has 12 heavy (non-hydrogen) atoms. The molecule has 2 unspecified atom stereocenters. The Morgan fingerprint density at radius 2 is 2.33 bits per heavy atom. The van der Waals surface area contributed by atoms with Gasteiger partial charge in [0.1, 0.15) is 0 Å². The lowest BCUT2D eigenvalue weighted by molar-refractivity contribution is -0.207. The maximum Gasteiger partial charge on any atom is 0.322 e. The highest BCUT2D eigenvalue weighted by atomic mass is 16.7. The third-order valence-electron chi connectivity index (χ3n) is 2.10.